The number of nitrogen functional groups attached to an aromatic ring is 1. The molecule has 2 heterocycles. The molecule has 0 radical (unpaired) electrons. The van der Waals surface area contributed by atoms with E-state index in [9.17, 15) is 14.9 Å². The highest BCUT2D eigenvalue weighted by Crippen LogP contribution is 2.16. The summed E-state index contributed by atoms with van der Waals surface area (Å²) in [6.45, 7) is 1.91. The van der Waals surface area contributed by atoms with Crippen LogP contribution < -0.4 is 11.1 Å². The second-order valence-electron chi connectivity index (χ2n) is 4.12. The maximum atomic E-state index is 11.9. The minimum atomic E-state index is -0.648. The molecule has 0 bridgehead atoms. The van der Waals surface area contributed by atoms with Gasteiger partial charge in [0.05, 0.1) is 10.5 Å². The van der Waals surface area contributed by atoms with Gasteiger partial charge in [-0.1, -0.05) is 5.16 Å². The summed E-state index contributed by atoms with van der Waals surface area (Å²) < 4.78 is 4.89. The van der Waals surface area contributed by atoms with Crippen molar-refractivity contribution in [2.24, 2.45) is 0 Å². The third-order valence-corrected chi connectivity index (χ3v) is 2.55. The summed E-state index contributed by atoms with van der Waals surface area (Å²) in [4.78, 5) is 29.5. The molecule has 0 saturated carbocycles. The Balaban J connectivity index is 1.99. The van der Waals surface area contributed by atoms with Crippen LogP contribution in [0.25, 0.3) is 0 Å². The number of nitrogens with zero attached hydrogens (tertiary/aromatic N) is 4. The number of nitrogens with two attached hydrogens (primary N) is 1. The topological polar surface area (TPSA) is 150 Å². The Kier molecular flexibility index (Phi) is 4.07. The van der Waals surface area contributed by atoms with Crippen LogP contribution in [0.2, 0.25) is 0 Å². The summed E-state index contributed by atoms with van der Waals surface area (Å²) in [5, 5.41) is 16.8. The molecule has 0 fully saturated rings. The summed E-state index contributed by atoms with van der Waals surface area (Å²) in [6, 6.07) is 1.08. The van der Waals surface area contributed by atoms with Crippen molar-refractivity contribution >= 4 is 17.4 Å². The van der Waals surface area contributed by atoms with Crippen LogP contribution in [0.4, 0.5) is 11.5 Å². The van der Waals surface area contributed by atoms with Crippen LogP contribution in [0.1, 0.15) is 22.1 Å². The van der Waals surface area contributed by atoms with Crippen LogP contribution in [0, 0.1) is 17.0 Å². The van der Waals surface area contributed by atoms with E-state index in [1.54, 1.807) is 6.92 Å². The molecule has 2 rings (SSSR count). The highest BCUT2D eigenvalue weighted by Gasteiger charge is 2.16. The minimum absolute atomic E-state index is 0.0501. The number of hydrogen-bond acceptors (Lipinski definition) is 8. The zero-order valence-electron chi connectivity index (χ0n) is 11.1. The van der Waals surface area contributed by atoms with E-state index in [2.05, 4.69) is 20.4 Å². The predicted octanol–water partition coefficient (Wildman–Crippen LogP) is 0.236. The molecule has 0 unspecified atom stereocenters. The van der Waals surface area contributed by atoms with Gasteiger partial charge < -0.3 is 15.6 Å². The first-order chi connectivity index (χ1) is 9.97. The van der Waals surface area contributed by atoms with Crippen molar-refractivity contribution in [2.75, 3.05) is 12.3 Å². The molecule has 10 nitrogen and oxygen atoms in total. The van der Waals surface area contributed by atoms with Crippen molar-refractivity contribution in [2.45, 2.75) is 13.3 Å². The van der Waals surface area contributed by atoms with Gasteiger partial charge >= 0.3 is 0 Å². The van der Waals surface area contributed by atoms with Crippen molar-refractivity contribution in [3.05, 3.63) is 39.7 Å². The van der Waals surface area contributed by atoms with Crippen LogP contribution in [0.15, 0.2) is 16.8 Å². The van der Waals surface area contributed by atoms with E-state index in [4.69, 9.17) is 10.3 Å². The molecule has 2 aromatic heterocycles. The Labute approximate surface area is 118 Å². The Bertz CT molecular complexity index is 683. The summed E-state index contributed by atoms with van der Waals surface area (Å²) in [5.74, 6) is 0.257. The Morgan fingerprint density at radius 3 is 2.95 bits per heavy atom. The fourth-order valence-corrected chi connectivity index (χ4v) is 1.57. The van der Waals surface area contributed by atoms with Crippen LogP contribution in [-0.4, -0.2) is 32.5 Å². The van der Waals surface area contributed by atoms with Gasteiger partial charge in [0.1, 0.15) is 12.0 Å². The van der Waals surface area contributed by atoms with E-state index < -0.39 is 10.8 Å². The Morgan fingerprint density at radius 2 is 2.33 bits per heavy atom. The number of nitrogens with one attached hydrogen (secondary N) is 1. The summed E-state index contributed by atoms with van der Waals surface area (Å²) in [6.07, 6.45) is 1.34. The fourth-order valence-electron chi connectivity index (χ4n) is 1.57. The molecule has 0 spiro atoms. The maximum absolute atomic E-state index is 11.9. The average Bonchev–Trinajstić information content (AvgIpc) is 2.84. The Morgan fingerprint density at radius 1 is 1.57 bits per heavy atom. The molecular weight excluding hydrogens is 280 g/mol. The molecule has 3 N–H and O–H groups in total. The second-order valence-corrected chi connectivity index (χ2v) is 4.12. The van der Waals surface area contributed by atoms with E-state index in [0.29, 0.717) is 18.1 Å². The number of aromatic nitrogens is 3. The molecule has 21 heavy (non-hydrogen) atoms. The molecule has 1 amide bonds. The molecule has 10 heteroatoms. The lowest BCUT2D eigenvalue weighted by Crippen LogP contribution is -2.27. The number of pyridine rings is 1. The van der Waals surface area contributed by atoms with Gasteiger partial charge in [-0.25, -0.2) is 4.98 Å². The van der Waals surface area contributed by atoms with Gasteiger partial charge in [0.25, 0.3) is 11.6 Å². The first kappa shape index (κ1) is 14.4. The van der Waals surface area contributed by atoms with Gasteiger partial charge in [0, 0.05) is 19.0 Å². The molecule has 110 valence electrons. The van der Waals surface area contributed by atoms with Crippen LogP contribution in [-0.2, 0) is 6.42 Å². The third-order valence-electron chi connectivity index (χ3n) is 2.55. The monoisotopic (exact) mass is 292 g/mol. The molecular formula is C11H12N6O4. The van der Waals surface area contributed by atoms with Crippen LogP contribution in [0.3, 0.4) is 0 Å². The maximum Gasteiger partial charge on any atom is 0.288 e. The normalized spacial score (nSPS) is 10.3. The Hall–Kier alpha value is -3.04. The molecule has 0 aliphatic carbocycles. The predicted molar refractivity (Wildman–Crippen MR) is 70.4 cm³/mol. The average molecular weight is 292 g/mol. The van der Waals surface area contributed by atoms with Crippen molar-refractivity contribution in [1.82, 2.24) is 20.4 Å². The number of hydrogen-bond donors (Lipinski definition) is 2. The fraction of sp³-hybridized carbons (Fsp3) is 0.273. The molecule has 0 aromatic carbocycles. The molecule has 0 atom stereocenters. The van der Waals surface area contributed by atoms with Gasteiger partial charge in [-0.05, 0) is 6.92 Å². The number of anilines is 1. The minimum Gasteiger partial charge on any atom is -0.383 e. The van der Waals surface area contributed by atoms with Gasteiger partial charge in [0.2, 0.25) is 5.89 Å². The van der Waals surface area contributed by atoms with E-state index >= 15 is 0 Å². The highest BCUT2D eigenvalue weighted by molar-refractivity contribution is 5.98. The summed E-state index contributed by atoms with van der Waals surface area (Å²) >= 11 is 0. The van der Waals surface area contributed by atoms with E-state index in [-0.39, 0.29) is 23.6 Å². The second kappa shape index (κ2) is 5.94. The van der Waals surface area contributed by atoms with Gasteiger partial charge in [-0.2, -0.15) is 4.98 Å². The van der Waals surface area contributed by atoms with Crippen molar-refractivity contribution in [3.63, 3.8) is 0 Å². The zero-order valence-corrected chi connectivity index (χ0v) is 11.1. The van der Waals surface area contributed by atoms with Gasteiger partial charge in [-0.15, -0.1) is 0 Å². The molecule has 0 aliphatic rings. The first-order valence-corrected chi connectivity index (χ1v) is 5.94. The number of carbonyl (C=O) groups is 1. The SMILES string of the molecule is Cc1noc(CCNC(=O)c2cc([N+](=O)[O-])cnc2N)n1. The lowest BCUT2D eigenvalue weighted by atomic mass is 10.2. The van der Waals surface area contributed by atoms with E-state index in [1.807, 2.05) is 0 Å². The number of nitro groups is 1. The van der Waals surface area contributed by atoms with E-state index in [1.165, 1.54) is 0 Å². The lowest BCUT2D eigenvalue weighted by molar-refractivity contribution is -0.385. The summed E-state index contributed by atoms with van der Waals surface area (Å²) in [5.41, 5.74) is 5.19. The lowest BCUT2D eigenvalue weighted by Gasteiger charge is -2.05. The molecule has 0 aliphatic heterocycles. The third kappa shape index (κ3) is 3.49. The molecule has 2 aromatic rings. The van der Waals surface area contributed by atoms with Crippen molar-refractivity contribution < 1.29 is 14.2 Å². The summed E-state index contributed by atoms with van der Waals surface area (Å²) in [7, 11) is 0. The standard InChI is InChI=1S/C11H12N6O4/c1-6-15-9(21-16-6)2-3-13-11(18)8-4-7(17(19)20)5-14-10(8)12/h4-5H,2-3H2,1H3,(H2,12,14)(H,13,18). The van der Waals surface area contributed by atoms with Crippen molar-refractivity contribution in [3.8, 4) is 0 Å². The number of amides is 1. The largest absolute Gasteiger partial charge is 0.383 e. The molecule has 0 saturated heterocycles. The van der Waals surface area contributed by atoms with Crippen LogP contribution in [0.5, 0.6) is 0 Å². The number of carbonyl (C=O) groups excluding carboxylic acids is 1. The van der Waals surface area contributed by atoms with Crippen molar-refractivity contribution in [1.29, 1.82) is 0 Å². The number of rotatable bonds is 5. The highest BCUT2D eigenvalue weighted by atomic mass is 16.6. The smallest absolute Gasteiger partial charge is 0.288 e. The van der Waals surface area contributed by atoms with Gasteiger partial charge in [-0.3, -0.25) is 14.9 Å². The number of aryl methyl sites for hydroxylation is 1. The first-order valence-electron chi connectivity index (χ1n) is 5.94. The van der Waals surface area contributed by atoms with Crippen LogP contribution >= 0.6 is 0 Å². The quantitative estimate of drug-likeness (QED) is 0.587. The van der Waals surface area contributed by atoms with Gasteiger partial charge in [0.15, 0.2) is 5.82 Å². The van der Waals surface area contributed by atoms with E-state index in [0.717, 1.165) is 12.3 Å². The zero-order chi connectivity index (χ0) is 15.4.